The van der Waals surface area contributed by atoms with E-state index in [0.717, 1.165) is 6.07 Å². The SMILES string of the molecule is O=C1CC(c2noc(-c3ccc(Br)o3)n2)CN1Cc1cc(F)cc(F)c1. The van der Waals surface area contributed by atoms with Crippen LogP contribution < -0.4 is 0 Å². The molecule has 0 aliphatic carbocycles. The normalized spacial score (nSPS) is 17.3. The van der Waals surface area contributed by atoms with Crippen LogP contribution in [-0.2, 0) is 11.3 Å². The standard InChI is InChI=1S/C17H12BrF2N3O3/c18-14-2-1-13(25-14)17-21-16(22-26-17)10-5-15(24)23(8-10)7-9-3-11(19)6-12(20)4-9/h1-4,6,10H,5,7-8H2. The lowest BCUT2D eigenvalue weighted by atomic mass is 10.1. The monoisotopic (exact) mass is 423 g/mol. The summed E-state index contributed by atoms with van der Waals surface area (Å²) in [6, 6.07) is 6.62. The van der Waals surface area contributed by atoms with Gasteiger partial charge in [-0.25, -0.2) is 8.78 Å². The highest BCUT2D eigenvalue weighted by Gasteiger charge is 2.34. The quantitative estimate of drug-likeness (QED) is 0.636. The van der Waals surface area contributed by atoms with Crippen LogP contribution in [0.5, 0.6) is 0 Å². The third kappa shape index (κ3) is 3.39. The molecule has 1 amide bonds. The number of likely N-dealkylation sites (tertiary alicyclic amines) is 1. The lowest BCUT2D eigenvalue weighted by Crippen LogP contribution is -2.24. The molecule has 0 radical (unpaired) electrons. The van der Waals surface area contributed by atoms with Crippen LogP contribution in [0, 0.1) is 11.6 Å². The fourth-order valence-corrected chi connectivity index (χ4v) is 3.26. The first kappa shape index (κ1) is 16.9. The van der Waals surface area contributed by atoms with Crippen molar-refractivity contribution in [2.24, 2.45) is 0 Å². The van der Waals surface area contributed by atoms with Crippen molar-refractivity contribution in [3.63, 3.8) is 0 Å². The molecule has 1 aliphatic heterocycles. The van der Waals surface area contributed by atoms with E-state index in [4.69, 9.17) is 8.94 Å². The van der Waals surface area contributed by atoms with Gasteiger partial charge in [-0.1, -0.05) is 5.16 Å². The van der Waals surface area contributed by atoms with Gasteiger partial charge in [0.25, 0.3) is 5.89 Å². The highest BCUT2D eigenvalue weighted by Crippen LogP contribution is 2.30. The minimum Gasteiger partial charge on any atom is -0.444 e. The highest BCUT2D eigenvalue weighted by molar-refractivity contribution is 9.10. The number of hydrogen-bond donors (Lipinski definition) is 0. The Balaban J connectivity index is 1.48. The number of furan rings is 1. The van der Waals surface area contributed by atoms with Crippen LogP contribution in [0.25, 0.3) is 11.7 Å². The lowest BCUT2D eigenvalue weighted by Gasteiger charge is -2.16. The topological polar surface area (TPSA) is 72.4 Å². The Bertz CT molecular complexity index is 952. The zero-order chi connectivity index (χ0) is 18.3. The summed E-state index contributed by atoms with van der Waals surface area (Å²) in [6.45, 7) is 0.470. The van der Waals surface area contributed by atoms with Crippen molar-refractivity contribution >= 4 is 21.8 Å². The van der Waals surface area contributed by atoms with E-state index in [1.54, 1.807) is 12.1 Å². The van der Waals surface area contributed by atoms with E-state index in [9.17, 15) is 13.6 Å². The van der Waals surface area contributed by atoms with Gasteiger partial charge in [0.15, 0.2) is 16.3 Å². The number of rotatable bonds is 4. The number of aromatic nitrogens is 2. The lowest BCUT2D eigenvalue weighted by molar-refractivity contribution is -0.128. The molecule has 0 spiro atoms. The molecular weight excluding hydrogens is 412 g/mol. The third-order valence-electron chi connectivity index (χ3n) is 4.10. The fourth-order valence-electron chi connectivity index (χ4n) is 2.95. The molecule has 3 heterocycles. The van der Waals surface area contributed by atoms with Gasteiger partial charge in [0.1, 0.15) is 11.6 Å². The molecule has 1 fully saturated rings. The summed E-state index contributed by atoms with van der Waals surface area (Å²) in [7, 11) is 0. The molecule has 2 aromatic heterocycles. The Morgan fingerprint density at radius 3 is 2.69 bits per heavy atom. The zero-order valence-electron chi connectivity index (χ0n) is 13.3. The van der Waals surface area contributed by atoms with Crippen LogP contribution in [0.1, 0.15) is 23.7 Å². The number of nitrogens with zero attached hydrogens (tertiary/aromatic N) is 3. The van der Waals surface area contributed by atoms with Crippen LogP contribution in [0.2, 0.25) is 0 Å². The van der Waals surface area contributed by atoms with E-state index in [0.29, 0.717) is 28.4 Å². The third-order valence-corrected chi connectivity index (χ3v) is 4.53. The first-order valence-corrected chi connectivity index (χ1v) is 8.59. The maximum Gasteiger partial charge on any atom is 0.293 e. The average molecular weight is 424 g/mol. The first-order valence-electron chi connectivity index (χ1n) is 7.80. The summed E-state index contributed by atoms with van der Waals surface area (Å²) in [6.07, 6.45) is 0.207. The Morgan fingerprint density at radius 1 is 1.23 bits per heavy atom. The number of carbonyl (C=O) groups excluding carboxylic acids is 1. The van der Waals surface area contributed by atoms with Crippen molar-refractivity contribution in [3.05, 3.63) is 58.0 Å². The van der Waals surface area contributed by atoms with Gasteiger partial charge in [0, 0.05) is 31.5 Å². The van der Waals surface area contributed by atoms with Gasteiger partial charge in [-0.3, -0.25) is 4.79 Å². The molecule has 0 bridgehead atoms. The molecular formula is C17H12BrF2N3O3. The van der Waals surface area contributed by atoms with Crippen molar-refractivity contribution in [2.75, 3.05) is 6.54 Å². The second-order valence-electron chi connectivity index (χ2n) is 6.01. The summed E-state index contributed by atoms with van der Waals surface area (Å²) in [4.78, 5) is 18.1. The van der Waals surface area contributed by atoms with Crippen LogP contribution in [0.4, 0.5) is 8.78 Å². The van der Waals surface area contributed by atoms with Crippen molar-refractivity contribution in [1.82, 2.24) is 15.0 Å². The van der Waals surface area contributed by atoms with Gasteiger partial charge in [0.05, 0.1) is 0 Å². The van der Waals surface area contributed by atoms with E-state index in [1.165, 1.54) is 17.0 Å². The minimum absolute atomic E-state index is 0.125. The molecule has 9 heteroatoms. The van der Waals surface area contributed by atoms with E-state index in [-0.39, 0.29) is 30.7 Å². The maximum atomic E-state index is 13.3. The predicted octanol–water partition coefficient (Wildman–Crippen LogP) is 3.89. The maximum absolute atomic E-state index is 13.3. The minimum atomic E-state index is -0.671. The second kappa shape index (κ2) is 6.64. The van der Waals surface area contributed by atoms with Crippen LogP contribution >= 0.6 is 15.9 Å². The summed E-state index contributed by atoms with van der Waals surface area (Å²) in [5, 5.41) is 3.93. The predicted molar refractivity (Wildman–Crippen MR) is 88.8 cm³/mol. The zero-order valence-corrected chi connectivity index (χ0v) is 14.9. The summed E-state index contributed by atoms with van der Waals surface area (Å²) in [5.41, 5.74) is 0.394. The number of benzene rings is 1. The molecule has 134 valence electrons. The summed E-state index contributed by atoms with van der Waals surface area (Å²) >= 11 is 3.20. The van der Waals surface area contributed by atoms with Crippen LogP contribution in [-0.4, -0.2) is 27.5 Å². The van der Waals surface area contributed by atoms with Gasteiger partial charge in [-0.15, -0.1) is 0 Å². The summed E-state index contributed by atoms with van der Waals surface area (Å²) in [5.74, 6) is -0.681. The smallest absolute Gasteiger partial charge is 0.293 e. The van der Waals surface area contributed by atoms with Gasteiger partial charge in [-0.2, -0.15) is 4.98 Å². The number of carbonyl (C=O) groups is 1. The van der Waals surface area contributed by atoms with Gasteiger partial charge in [0.2, 0.25) is 5.91 Å². The Morgan fingerprint density at radius 2 is 2.00 bits per heavy atom. The molecule has 0 saturated carbocycles. The number of amides is 1. The van der Waals surface area contributed by atoms with E-state index in [2.05, 4.69) is 26.1 Å². The van der Waals surface area contributed by atoms with E-state index in [1.807, 2.05) is 0 Å². The number of hydrogen-bond acceptors (Lipinski definition) is 5. The average Bonchev–Trinajstić information content (AvgIpc) is 3.27. The molecule has 1 atom stereocenters. The van der Waals surface area contributed by atoms with Gasteiger partial charge in [-0.05, 0) is 45.8 Å². The first-order chi connectivity index (χ1) is 12.5. The molecule has 0 N–H and O–H groups in total. The van der Waals surface area contributed by atoms with Crippen molar-refractivity contribution in [2.45, 2.75) is 18.9 Å². The Hall–Kier alpha value is -2.55. The molecule has 4 rings (SSSR count). The Labute approximate surface area is 154 Å². The molecule has 6 nitrogen and oxygen atoms in total. The molecule has 1 aromatic carbocycles. The molecule has 26 heavy (non-hydrogen) atoms. The Kier molecular flexibility index (Phi) is 4.31. The summed E-state index contributed by atoms with van der Waals surface area (Å²) < 4.78 is 37.7. The van der Waals surface area contributed by atoms with Gasteiger partial charge >= 0.3 is 0 Å². The van der Waals surface area contributed by atoms with Crippen LogP contribution in [0.15, 0.2) is 43.9 Å². The van der Waals surface area contributed by atoms with E-state index >= 15 is 0 Å². The molecule has 1 saturated heterocycles. The van der Waals surface area contributed by atoms with Crippen LogP contribution in [0.3, 0.4) is 0 Å². The van der Waals surface area contributed by atoms with Crippen molar-refractivity contribution < 1.29 is 22.5 Å². The fraction of sp³-hybridized carbons (Fsp3) is 0.235. The van der Waals surface area contributed by atoms with Crippen molar-refractivity contribution in [3.8, 4) is 11.7 Å². The largest absolute Gasteiger partial charge is 0.444 e. The van der Waals surface area contributed by atoms with Gasteiger partial charge < -0.3 is 13.8 Å². The van der Waals surface area contributed by atoms with E-state index < -0.39 is 11.6 Å². The number of halogens is 3. The molecule has 1 aliphatic rings. The second-order valence-corrected chi connectivity index (χ2v) is 6.80. The van der Waals surface area contributed by atoms with Crippen molar-refractivity contribution in [1.29, 1.82) is 0 Å². The molecule has 3 aromatic rings. The molecule has 1 unspecified atom stereocenters. The highest BCUT2D eigenvalue weighted by atomic mass is 79.9.